The van der Waals surface area contributed by atoms with Gasteiger partial charge in [-0.15, -0.1) is 0 Å². The molecule has 0 bridgehead atoms. The van der Waals surface area contributed by atoms with Crippen molar-refractivity contribution in [1.82, 2.24) is 20.7 Å². The van der Waals surface area contributed by atoms with Gasteiger partial charge in [-0.1, -0.05) is 31.5 Å². The summed E-state index contributed by atoms with van der Waals surface area (Å²) in [4.78, 5) is 31.8. The summed E-state index contributed by atoms with van der Waals surface area (Å²) in [6, 6.07) is 9.85. The first kappa shape index (κ1) is 21.8. The van der Waals surface area contributed by atoms with Crippen molar-refractivity contribution in [3.63, 3.8) is 0 Å². The fraction of sp³-hybridized carbons (Fsp3) is 0.435. The van der Waals surface area contributed by atoms with Crippen LogP contribution in [0.3, 0.4) is 0 Å². The fourth-order valence-electron chi connectivity index (χ4n) is 3.56. The number of aromatic nitrogens is 1. The van der Waals surface area contributed by atoms with E-state index in [0.717, 1.165) is 61.3 Å². The number of carbonyl (C=O) groups is 2. The molecule has 30 heavy (non-hydrogen) atoms. The van der Waals surface area contributed by atoms with E-state index in [4.69, 9.17) is 4.98 Å². The average molecular weight is 410 g/mol. The number of aryl methyl sites for hydroxylation is 3. The van der Waals surface area contributed by atoms with Crippen molar-refractivity contribution >= 4 is 23.3 Å². The van der Waals surface area contributed by atoms with Crippen molar-refractivity contribution in [3.8, 4) is 0 Å². The molecule has 1 heterocycles. The minimum Gasteiger partial charge on any atom is -0.340 e. The van der Waals surface area contributed by atoms with E-state index < -0.39 is 0 Å². The van der Waals surface area contributed by atoms with Crippen LogP contribution in [0.4, 0.5) is 11.5 Å². The van der Waals surface area contributed by atoms with Gasteiger partial charge >= 0.3 is 0 Å². The van der Waals surface area contributed by atoms with Gasteiger partial charge in [0.25, 0.3) is 11.8 Å². The Hall–Kier alpha value is -2.93. The van der Waals surface area contributed by atoms with E-state index >= 15 is 0 Å². The first-order valence-corrected chi connectivity index (χ1v) is 10.7. The van der Waals surface area contributed by atoms with Crippen LogP contribution in [0, 0.1) is 6.92 Å². The Morgan fingerprint density at radius 2 is 1.73 bits per heavy atom. The SMILES string of the molecule is CCN(CC)CC(=O)NNC(=O)c1cc2c(nc1Nc1ccc(C)cc1)CCCC2. The molecule has 3 rings (SSSR count). The molecule has 1 aliphatic rings. The molecule has 1 aliphatic carbocycles. The van der Waals surface area contributed by atoms with Gasteiger partial charge in [0, 0.05) is 11.4 Å². The van der Waals surface area contributed by atoms with Crippen LogP contribution in [0.2, 0.25) is 0 Å². The highest BCUT2D eigenvalue weighted by molar-refractivity contribution is 6.00. The van der Waals surface area contributed by atoms with Gasteiger partial charge in [-0.25, -0.2) is 4.98 Å². The molecule has 0 atom stereocenters. The summed E-state index contributed by atoms with van der Waals surface area (Å²) < 4.78 is 0. The Morgan fingerprint density at radius 3 is 2.43 bits per heavy atom. The number of rotatable bonds is 7. The van der Waals surface area contributed by atoms with Crippen LogP contribution < -0.4 is 16.2 Å². The standard InChI is InChI=1S/C23H31N5O2/c1-4-28(5-2)15-21(29)26-27-23(30)19-14-17-8-6-7-9-20(17)25-22(19)24-18-12-10-16(3)11-13-18/h10-14H,4-9,15H2,1-3H3,(H,24,25)(H,26,29)(H,27,30). The third-order valence-electron chi connectivity index (χ3n) is 5.44. The number of benzene rings is 1. The highest BCUT2D eigenvalue weighted by atomic mass is 16.2. The molecule has 3 N–H and O–H groups in total. The Labute approximate surface area is 178 Å². The Balaban J connectivity index is 1.78. The van der Waals surface area contributed by atoms with Crippen molar-refractivity contribution in [1.29, 1.82) is 0 Å². The second kappa shape index (κ2) is 10.2. The number of anilines is 2. The zero-order valence-corrected chi connectivity index (χ0v) is 18.0. The lowest BCUT2D eigenvalue weighted by Gasteiger charge is -2.20. The first-order valence-electron chi connectivity index (χ1n) is 10.7. The van der Waals surface area contributed by atoms with Gasteiger partial charge in [-0.05, 0) is 69.5 Å². The molecule has 0 aliphatic heterocycles. The molecule has 0 fully saturated rings. The lowest BCUT2D eigenvalue weighted by atomic mass is 9.94. The van der Waals surface area contributed by atoms with E-state index in [1.165, 1.54) is 0 Å². The zero-order chi connectivity index (χ0) is 21.5. The van der Waals surface area contributed by atoms with E-state index in [1.807, 2.05) is 56.0 Å². The molecule has 0 spiro atoms. The number of pyridine rings is 1. The number of hydrogen-bond donors (Lipinski definition) is 3. The van der Waals surface area contributed by atoms with Crippen LogP contribution in [0.1, 0.15) is 53.9 Å². The summed E-state index contributed by atoms with van der Waals surface area (Å²) in [5.74, 6) is -0.112. The van der Waals surface area contributed by atoms with Crippen LogP contribution >= 0.6 is 0 Å². The lowest BCUT2D eigenvalue weighted by Crippen LogP contribution is -2.46. The van der Waals surface area contributed by atoms with E-state index in [-0.39, 0.29) is 18.4 Å². The molecule has 7 heteroatoms. The molecular formula is C23H31N5O2. The molecule has 0 unspecified atom stereocenters. The summed E-state index contributed by atoms with van der Waals surface area (Å²) in [5, 5.41) is 3.28. The summed E-state index contributed by atoms with van der Waals surface area (Å²) >= 11 is 0. The number of nitrogens with one attached hydrogen (secondary N) is 3. The van der Waals surface area contributed by atoms with Crippen molar-refractivity contribution in [3.05, 3.63) is 52.7 Å². The van der Waals surface area contributed by atoms with Crippen LogP contribution in [-0.2, 0) is 17.6 Å². The maximum Gasteiger partial charge on any atom is 0.273 e. The zero-order valence-electron chi connectivity index (χ0n) is 18.0. The van der Waals surface area contributed by atoms with Gasteiger partial charge in [0.05, 0.1) is 12.1 Å². The van der Waals surface area contributed by atoms with E-state index in [2.05, 4.69) is 16.2 Å². The van der Waals surface area contributed by atoms with Crippen molar-refractivity contribution < 1.29 is 9.59 Å². The molecule has 0 saturated heterocycles. The second-order valence-corrected chi connectivity index (χ2v) is 7.65. The molecular weight excluding hydrogens is 378 g/mol. The predicted molar refractivity (Wildman–Crippen MR) is 119 cm³/mol. The largest absolute Gasteiger partial charge is 0.340 e. The molecule has 1 aromatic carbocycles. The molecule has 160 valence electrons. The van der Waals surface area contributed by atoms with Crippen LogP contribution in [-0.4, -0.2) is 41.3 Å². The van der Waals surface area contributed by atoms with Gasteiger partial charge in [0.1, 0.15) is 5.82 Å². The predicted octanol–water partition coefficient (Wildman–Crippen LogP) is 3.12. The Kier molecular flexibility index (Phi) is 7.41. The normalized spacial score (nSPS) is 12.9. The third-order valence-corrected chi connectivity index (χ3v) is 5.44. The monoisotopic (exact) mass is 409 g/mol. The topological polar surface area (TPSA) is 86.4 Å². The fourth-order valence-corrected chi connectivity index (χ4v) is 3.56. The number of hydrogen-bond acceptors (Lipinski definition) is 5. The Bertz CT molecular complexity index is 891. The number of amides is 2. The Morgan fingerprint density at radius 1 is 1.03 bits per heavy atom. The van der Waals surface area contributed by atoms with Crippen LogP contribution in [0.5, 0.6) is 0 Å². The van der Waals surface area contributed by atoms with Gasteiger partial charge in [-0.2, -0.15) is 0 Å². The van der Waals surface area contributed by atoms with E-state index in [0.29, 0.717) is 11.4 Å². The first-order chi connectivity index (χ1) is 14.5. The smallest absolute Gasteiger partial charge is 0.273 e. The van der Waals surface area contributed by atoms with Gasteiger partial charge < -0.3 is 5.32 Å². The summed E-state index contributed by atoms with van der Waals surface area (Å²) in [7, 11) is 0. The molecule has 2 aromatic rings. The third kappa shape index (κ3) is 5.57. The lowest BCUT2D eigenvalue weighted by molar-refractivity contribution is -0.122. The van der Waals surface area contributed by atoms with Crippen molar-refractivity contribution in [2.45, 2.75) is 46.5 Å². The number of carbonyl (C=O) groups excluding carboxylic acids is 2. The quantitative estimate of drug-likeness (QED) is 0.612. The highest BCUT2D eigenvalue weighted by Crippen LogP contribution is 2.27. The van der Waals surface area contributed by atoms with Gasteiger partial charge in [-0.3, -0.25) is 25.3 Å². The molecule has 1 aromatic heterocycles. The molecule has 0 radical (unpaired) electrons. The average Bonchev–Trinajstić information content (AvgIpc) is 2.76. The number of likely N-dealkylation sites (N-methyl/N-ethyl adjacent to an activating group) is 1. The summed E-state index contributed by atoms with van der Waals surface area (Å²) in [6.45, 7) is 7.81. The second-order valence-electron chi connectivity index (χ2n) is 7.65. The number of nitrogens with zero attached hydrogens (tertiary/aromatic N) is 2. The molecule has 0 saturated carbocycles. The van der Waals surface area contributed by atoms with Gasteiger partial charge in [0.2, 0.25) is 0 Å². The summed E-state index contributed by atoms with van der Waals surface area (Å²) in [5.41, 5.74) is 9.67. The van der Waals surface area contributed by atoms with Crippen molar-refractivity contribution in [2.24, 2.45) is 0 Å². The maximum absolute atomic E-state index is 12.9. The molecule has 7 nitrogen and oxygen atoms in total. The van der Waals surface area contributed by atoms with E-state index in [1.54, 1.807) is 0 Å². The maximum atomic E-state index is 12.9. The number of fused-ring (bicyclic) bond motifs is 1. The minimum atomic E-state index is -0.376. The van der Waals surface area contributed by atoms with Crippen LogP contribution in [0.25, 0.3) is 0 Å². The highest BCUT2D eigenvalue weighted by Gasteiger charge is 2.20. The van der Waals surface area contributed by atoms with Crippen LogP contribution in [0.15, 0.2) is 30.3 Å². The van der Waals surface area contributed by atoms with Gasteiger partial charge in [0.15, 0.2) is 0 Å². The number of hydrazine groups is 1. The molecule has 2 amide bonds. The van der Waals surface area contributed by atoms with Crippen molar-refractivity contribution in [2.75, 3.05) is 25.0 Å². The summed E-state index contributed by atoms with van der Waals surface area (Å²) in [6.07, 6.45) is 4.04. The minimum absolute atomic E-state index is 0.240. The van der Waals surface area contributed by atoms with E-state index in [9.17, 15) is 9.59 Å².